The van der Waals surface area contributed by atoms with Crippen molar-refractivity contribution in [1.82, 2.24) is 10.2 Å². The predicted octanol–water partition coefficient (Wildman–Crippen LogP) is 0.762. The summed E-state index contributed by atoms with van der Waals surface area (Å²) in [4.78, 5) is 40.2. The lowest BCUT2D eigenvalue weighted by atomic mass is 10.1. The molecule has 1 aromatic rings. The number of carbonyl (C=O) groups excluding carboxylic acids is 3. The van der Waals surface area contributed by atoms with Crippen LogP contribution in [0.5, 0.6) is 0 Å². The van der Waals surface area contributed by atoms with Crippen molar-refractivity contribution in [2.75, 3.05) is 59.6 Å². The van der Waals surface area contributed by atoms with Gasteiger partial charge in [-0.15, -0.1) is 0 Å². The number of amides is 1. The maximum absolute atomic E-state index is 12.3. The topological polar surface area (TPSA) is 97.4 Å². The van der Waals surface area contributed by atoms with Gasteiger partial charge in [0.05, 0.1) is 26.4 Å². The van der Waals surface area contributed by atoms with Gasteiger partial charge in [0, 0.05) is 17.8 Å². The molecule has 1 amide bonds. The molecule has 1 aliphatic rings. The second-order valence-electron chi connectivity index (χ2n) is 6.68. The fourth-order valence-corrected chi connectivity index (χ4v) is 2.84. The smallest absolute Gasteiger partial charge is 0.355 e. The third kappa shape index (κ3) is 5.78. The van der Waals surface area contributed by atoms with Crippen LogP contribution < -0.4 is 10.2 Å². The molecular formula is C20H27N3O6. The van der Waals surface area contributed by atoms with Crippen molar-refractivity contribution >= 4 is 23.5 Å². The molecule has 0 aromatic heterocycles. The molecule has 0 saturated heterocycles. The SMILES string of the molecule is COC(=O)C1=C(C(=O)OC)N(c2ccc(C(=O)NCCCN(C)C)cc2)COC1. The number of nitrogens with zero attached hydrogens (tertiary/aromatic N) is 2. The molecule has 9 heteroatoms. The minimum atomic E-state index is -0.670. The van der Waals surface area contributed by atoms with Crippen LogP contribution in [0.4, 0.5) is 5.69 Å². The Morgan fingerprint density at radius 1 is 1.10 bits per heavy atom. The maximum atomic E-state index is 12.3. The monoisotopic (exact) mass is 405 g/mol. The molecule has 0 radical (unpaired) electrons. The van der Waals surface area contributed by atoms with Crippen molar-refractivity contribution in [2.45, 2.75) is 6.42 Å². The minimum Gasteiger partial charge on any atom is -0.466 e. The van der Waals surface area contributed by atoms with E-state index in [1.165, 1.54) is 19.1 Å². The summed E-state index contributed by atoms with van der Waals surface area (Å²) >= 11 is 0. The van der Waals surface area contributed by atoms with Gasteiger partial charge in [-0.2, -0.15) is 0 Å². The predicted molar refractivity (Wildman–Crippen MR) is 106 cm³/mol. The number of nitrogens with one attached hydrogen (secondary N) is 1. The van der Waals surface area contributed by atoms with E-state index in [4.69, 9.17) is 14.2 Å². The zero-order valence-electron chi connectivity index (χ0n) is 17.2. The van der Waals surface area contributed by atoms with E-state index >= 15 is 0 Å². The Morgan fingerprint density at radius 2 is 1.76 bits per heavy atom. The average Bonchev–Trinajstić information content (AvgIpc) is 2.74. The second kappa shape index (κ2) is 10.6. The number of rotatable bonds is 8. The average molecular weight is 405 g/mol. The van der Waals surface area contributed by atoms with Crippen molar-refractivity contribution in [3.63, 3.8) is 0 Å². The van der Waals surface area contributed by atoms with E-state index in [0.29, 0.717) is 17.8 Å². The van der Waals surface area contributed by atoms with Crippen LogP contribution in [-0.2, 0) is 23.8 Å². The van der Waals surface area contributed by atoms with Gasteiger partial charge in [-0.25, -0.2) is 9.59 Å². The Morgan fingerprint density at radius 3 is 2.34 bits per heavy atom. The lowest BCUT2D eigenvalue weighted by Crippen LogP contribution is -2.38. The van der Waals surface area contributed by atoms with Crippen LogP contribution in [0.25, 0.3) is 0 Å². The van der Waals surface area contributed by atoms with Gasteiger partial charge in [-0.1, -0.05) is 0 Å². The van der Waals surface area contributed by atoms with Gasteiger partial charge in [-0.3, -0.25) is 4.79 Å². The summed E-state index contributed by atoms with van der Waals surface area (Å²) in [5.74, 6) is -1.51. The van der Waals surface area contributed by atoms with E-state index in [1.807, 2.05) is 14.1 Å². The summed E-state index contributed by atoms with van der Waals surface area (Å²) < 4.78 is 15.0. The first-order valence-corrected chi connectivity index (χ1v) is 9.17. The standard InChI is InChI=1S/C20H27N3O6/c1-22(2)11-5-10-21-18(24)14-6-8-15(9-7-14)23-13-29-12-16(19(25)27-3)17(23)20(26)28-4/h6-9H,5,10-13H2,1-4H3,(H,21,24). The maximum Gasteiger partial charge on any atom is 0.355 e. The minimum absolute atomic E-state index is 0.0545. The second-order valence-corrected chi connectivity index (χ2v) is 6.68. The third-order valence-electron chi connectivity index (χ3n) is 4.34. The van der Waals surface area contributed by atoms with Gasteiger partial charge in [0.25, 0.3) is 5.91 Å². The highest BCUT2D eigenvalue weighted by molar-refractivity contribution is 6.03. The number of anilines is 1. The lowest BCUT2D eigenvalue weighted by Gasteiger charge is -2.31. The first-order valence-electron chi connectivity index (χ1n) is 9.17. The van der Waals surface area contributed by atoms with Crippen LogP contribution in [0.2, 0.25) is 0 Å². The molecule has 1 aliphatic heterocycles. The Hall–Kier alpha value is -2.91. The van der Waals surface area contributed by atoms with Crippen molar-refractivity contribution < 1.29 is 28.6 Å². The highest BCUT2D eigenvalue weighted by Crippen LogP contribution is 2.26. The van der Waals surface area contributed by atoms with Crippen LogP contribution in [0.3, 0.4) is 0 Å². The fourth-order valence-electron chi connectivity index (χ4n) is 2.84. The summed E-state index contributed by atoms with van der Waals surface area (Å²) in [6.07, 6.45) is 0.853. The first kappa shape index (κ1) is 22.4. The number of benzene rings is 1. The molecule has 1 heterocycles. The van der Waals surface area contributed by atoms with Crippen molar-refractivity contribution in [1.29, 1.82) is 0 Å². The molecule has 2 rings (SSSR count). The van der Waals surface area contributed by atoms with Crippen molar-refractivity contribution in [3.05, 3.63) is 41.1 Å². The summed E-state index contributed by atoms with van der Waals surface area (Å²) in [5.41, 5.74) is 1.21. The van der Waals surface area contributed by atoms with Gasteiger partial charge in [-0.05, 0) is 51.3 Å². The summed E-state index contributed by atoms with van der Waals surface area (Å²) in [6, 6.07) is 6.67. The number of methoxy groups -OCH3 is 2. The number of ether oxygens (including phenoxy) is 3. The molecule has 29 heavy (non-hydrogen) atoms. The molecule has 0 saturated carbocycles. The molecule has 1 aromatic carbocycles. The number of carbonyl (C=O) groups is 3. The summed E-state index contributed by atoms with van der Waals surface area (Å²) in [6.45, 7) is 1.47. The van der Waals surface area contributed by atoms with Crippen molar-refractivity contribution in [2.24, 2.45) is 0 Å². The largest absolute Gasteiger partial charge is 0.466 e. The van der Waals surface area contributed by atoms with Crippen LogP contribution in [-0.4, -0.2) is 77.5 Å². The van der Waals surface area contributed by atoms with E-state index < -0.39 is 11.9 Å². The Balaban J connectivity index is 2.17. The van der Waals surface area contributed by atoms with Gasteiger partial charge in [0.2, 0.25) is 0 Å². The molecule has 158 valence electrons. The molecule has 0 spiro atoms. The number of hydrogen-bond donors (Lipinski definition) is 1. The normalized spacial score (nSPS) is 14.0. The van der Waals surface area contributed by atoms with E-state index in [-0.39, 0.29) is 30.5 Å². The molecule has 1 N–H and O–H groups in total. The quantitative estimate of drug-likeness (QED) is 0.500. The van der Waals surface area contributed by atoms with Crippen LogP contribution in [0.15, 0.2) is 35.5 Å². The zero-order chi connectivity index (χ0) is 21.4. The molecule has 0 fully saturated rings. The molecule has 0 atom stereocenters. The van der Waals surface area contributed by atoms with Gasteiger partial charge in [0.1, 0.15) is 12.4 Å². The van der Waals surface area contributed by atoms with E-state index in [0.717, 1.165) is 13.0 Å². The Labute approximate surface area is 170 Å². The van der Waals surface area contributed by atoms with Gasteiger partial charge < -0.3 is 29.3 Å². The highest BCUT2D eigenvalue weighted by atomic mass is 16.5. The van der Waals surface area contributed by atoms with Crippen LogP contribution in [0, 0.1) is 0 Å². The fraction of sp³-hybridized carbons (Fsp3) is 0.450. The molecule has 0 unspecified atom stereocenters. The third-order valence-corrected chi connectivity index (χ3v) is 4.34. The first-order chi connectivity index (χ1) is 13.9. The molecule has 0 bridgehead atoms. The van der Waals surface area contributed by atoms with E-state index in [9.17, 15) is 14.4 Å². The summed E-state index contributed by atoms with van der Waals surface area (Å²) in [7, 11) is 6.43. The lowest BCUT2D eigenvalue weighted by molar-refractivity contribution is -0.140. The van der Waals surface area contributed by atoms with Gasteiger partial charge >= 0.3 is 11.9 Å². The van der Waals surface area contributed by atoms with Gasteiger partial charge in [0.15, 0.2) is 0 Å². The van der Waals surface area contributed by atoms with Crippen LogP contribution >= 0.6 is 0 Å². The molecular weight excluding hydrogens is 378 g/mol. The molecule has 9 nitrogen and oxygen atoms in total. The zero-order valence-corrected chi connectivity index (χ0v) is 17.2. The Kier molecular flexibility index (Phi) is 8.17. The van der Waals surface area contributed by atoms with Crippen LogP contribution in [0.1, 0.15) is 16.8 Å². The van der Waals surface area contributed by atoms with Crippen molar-refractivity contribution in [3.8, 4) is 0 Å². The summed E-state index contributed by atoms with van der Waals surface area (Å²) in [5, 5.41) is 2.87. The molecule has 0 aliphatic carbocycles. The Bertz CT molecular complexity index is 773. The highest BCUT2D eigenvalue weighted by Gasteiger charge is 2.32. The van der Waals surface area contributed by atoms with E-state index in [1.54, 1.807) is 24.3 Å². The number of esters is 2. The van der Waals surface area contributed by atoms with E-state index in [2.05, 4.69) is 10.2 Å². The number of hydrogen-bond acceptors (Lipinski definition) is 8.